The molecule has 70 valence electrons. The van der Waals surface area contributed by atoms with Crippen molar-refractivity contribution in [2.45, 2.75) is 12.6 Å². The lowest BCUT2D eigenvalue weighted by molar-refractivity contribution is -0.150. The van der Waals surface area contributed by atoms with Gasteiger partial charge < -0.3 is 5.11 Å². The average Bonchev–Trinajstić information content (AvgIpc) is 2.04. The summed E-state index contributed by atoms with van der Waals surface area (Å²) in [5.74, 6) is -1.50. The summed E-state index contributed by atoms with van der Waals surface area (Å²) in [6, 6.07) is 5.63. The Morgan fingerprint density at radius 1 is 1.46 bits per heavy atom. The van der Waals surface area contributed by atoms with Crippen molar-refractivity contribution >= 4 is 17.6 Å². The van der Waals surface area contributed by atoms with Crippen LogP contribution in [0.1, 0.15) is 12.5 Å². The Balaban J connectivity index is 3.08. The van der Waals surface area contributed by atoms with Gasteiger partial charge in [-0.1, -0.05) is 23.7 Å². The van der Waals surface area contributed by atoms with Gasteiger partial charge in [-0.2, -0.15) is 0 Å². The highest BCUT2D eigenvalue weighted by molar-refractivity contribution is 6.30. The molecular weight excluding hydrogens is 195 g/mol. The number of rotatable bonds is 2. The van der Waals surface area contributed by atoms with Crippen LogP contribution in [0.25, 0.3) is 0 Å². The molecule has 0 bridgehead atoms. The standard InChI is InChI=1S/C9H8ClFO2/c1-9(11,8(12)13)6-2-4-7(10)5-3-6/h2-5H,1H3,(H,12,13). The molecule has 4 heteroatoms. The van der Waals surface area contributed by atoms with Crippen LogP contribution < -0.4 is 0 Å². The predicted molar refractivity (Wildman–Crippen MR) is 47.5 cm³/mol. The number of alkyl halides is 1. The molecule has 1 aromatic carbocycles. The van der Waals surface area contributed by atoms with Gasteiger partial charge in [0.2, 0.25) is 5.67 Å². The van der Waals surface area contributed by atoms with Gasteiger partial charge in [-0.25, -0.2) is 9.18 Å². The summed E-state index contributed by atoms with van der Waals surface area (Å²) in [7, 11) is 0. The molecule has 0 fully saturated rings. The van der Waals surface area contributed by atoms with E-state index in [0.717, 1.165) is 6.92 Å². The molecule has 2 nitrogen and oxygen atoms in total. The highest BCUT2D eigenvalue weighted by Gasteiger charge is 2.34. The van der Waals surface area contributed by atoms with Crippen molar-refractivity contribution in [2.75, 3.05) is 0 Å². The Hall–Kier alpha value is -1.09. The van der Waals surface area contributed by atoms with Gasteiger partial charge in [0.1, 0.15) is 0 Å². The van der Waals surface area contributed by atoms with Gasteiger partial charge in [0.15, 0.2) is 0 Å². The van der Waals surface area contributed by atoms with Crippen molar-refractivity contribution in [2.24, 2.45) is 0 Å². The molecule has 0 aliphatic rings. The first-order chi connectivity index (χ1) is 5.94. The molecule has 0 amide bonds. The van der Waals surface area contributed by atoms with Crippen LogP contribution in [0.15, 0.2) is 24.3 Å². The fourth-order valence-corrected chi connectivity index (χ4v) is 1.01. The maximum atomic E-state index is 13.4. The number of carboxylic acid groups (broad SMARTS) is 1. The number of halogens is 2. The summed E-state index contributed by atoms with van der Waals surface area (Å²) in [5.41, 5.74) is -2.27. The van der Waals surface area contributed by atoms with E-state index in [1.807, 2.05) is 0 Å². The Labute approximate surface area is 80.0 Å². The van der Waals surface area contributed by atoms with Crippen molar-refractivity contribution < 1.29 is 14.3 Å². The van der Waals surface area contributed by atoms with Gasteiger partial charge in [-0.15, -0.1) is 0 Å². The van der Waals surface area contributed by atoms with E-state index in [0.29, 0.717) is 5.02 Å². The predicted octanol–water partition coefficient (Wildman–Crippen LogP) is 2.61. The largest absolute Gasteiger partial charge is 0.479 e. The van der Waals surface area contributed by atoms with Crippen molar-refractivity contribution in [3.63, 3.8) is 0 Å². The van der Waals surface area contributed by atoms with Crippen molar-refractivity contribution in [3.8, 4) is 0 Å². The van der Waals surface area contributed by atoms with E-state index in [4.69, 9.17) is 16.7 Å². The van der Waals surface area contributed by atoms with Gasteiger partial charge in [0.05, 0.1) is 0 Å². The van der Waals surface area contributed by atoms with E-state index >= 15 is 0 Å². The summed E-state index contributed by atoms with van der Waals surface area (Å²) in [6.45, 7) is 0.999. The summed E-state index contributed by atoms with van der Waals surface area (Å²) in [5, 5.41) is 9.01. The van der Waals surface area contributed by atoms with Crippen molar-refractivity contribution in [1.29, 1.82) is 0 Å². The van der Waals surface area contributed by atoms with E-state index in [2.05, 4.69) is 0 Å². The third kappa shape index (κ3) is 1.98. The topological polar surface area (TPSA) is 37.3 Å². The first-order valence-electron chi connectivity index (χ1n) is 3.63. The quantitative estimate of drug-likeness (QED) is 0.801. The summed E-state index contributed by atoms with van der Waals surface area (Å²) >= 11 is 5.57. The number of hydrogen-bond donors (Lipinski definition) is 1. The molecule has 0 radical (unpaired) electrons. The second-order valence-corrected chi connectivity index (χ2v) is 3.25. The van der Waals surface area contributed by atoms with E-state index in [-0.39, 0.29) is 5.56 Å². The summed E-state index contributed by atoms with van der Waals surface area (Å²) in [4.78, 5) is 10.5. The highest BCUT2D eigenvalue weighted by Crippen LogP contribution is 2.26. The minimum Gasteiger partial charge on any atom is -0.479 e. The second-order valence-electron chi connectivity index (χ2n) is 2.82. The minimum absolute atomic E-state index is 0.0874. The first-order valence-corrected chi connectivity index (χ1v) is 4.01. The van der Waals surface area contributed by atoms with Crippen molar-refractivity contribution in [1.82, 2.24) is 0 Å². The Morgan fingerprint density at radius 2 is 1.92 bits per heavy atom. The fourth-order valence-electron chi connectivity index (χ4n) is 0.886. The maximum absolute atomic E-state index is 13.4. The number of hydrogen-bond acceptors (Lipinski definition) is 1. The highest BCUT2D eigenvalue weighted by atomic mass is 35.5. The molecule has 0 saturated heterocycles. The molecule has 0 heterocycles. The lowest BCUT2D eigenvalue weighted by Gasteiger charge is -2.14. The zero-order valence-electron chi connectivity index (χ0n) is 6.92. The summed E-state index contributed by atoms with van der Waals surface area (Å²) < 4.78 is 13.4. The molecule has 0 aromatic heterocycles. The Kier molecular flexibility index (Phi) is 2.57. The van der Waals surface area contributed by atoms with Crippen LogP contribution in [0.3, 0.4) is 0 Å². The van der Waals surface area contributed by atoms with Crippen LogP contribution in [-0.2, 0) is 10.5 Å². The van der Waals surface area contributed by atoms with Crippen LogP contribution in [0.5, 0.6) is 0 Å². The lowest BCUT2D eigenvalue weighted by Crippen LogP contribution is -2.26. The van der Waals surface area contributed by atoms with Crippen LogP contribution in [0.4, 0.5) is 4.39 Å². The molecule has 1 aromatic rings. The van der Waals surface area contributed by atoms with Crippen molar-refractivity contribution in [3.05, 3.63) is 34.9 Å². The van der Waals surface area contributed by atoms with Crippen LogP contribution in [0, 0.1) is 0 Å². The van der Waals surface area contributed by atoms with Gasteiger partial charge in [-0.05, 0) is 19.1 Å². The molecule has 0 aliphatic carbocycles. The molecule has 0 aliphatic heterocycles. The molecule has 0 spiro atoms. The van der Waals surface area contributed by atoms with E-state index < -0.39 is 11.6 Å². The molecule has 1 N–H and O–H groups in total. The Bertz CT molecular complexity index is 319. The molecule has 1 rings (SSSR count). The molecular formula is C9H8ClFO2. The summed E-state index contributed by atoms with van der Waals surface area (Å²) in [6.07, 6.45) is 0. The molecule has 13 heavy (non-hydrogen) atoms. The van der Waals surface area contributed by atoms with Gasteiger partial charge in [0.25, 0.3) is 0 Å². The van der Waals surface area contributed by atoms with Gasteiger partial charge in [-0.3, -0.25) is 0 Å². The zero-order chi connectivity index (χ0) is 10.1. The van der Waals surface area contributed by atoms with Gasteiger partial charge in [0, 0.05) is 10.6 Å². The first kappa shape index (κ1) is 9.99. The van der Waals surface area contributed by atoms with E-state index in [1.165, 1.54) is 24.3 Å². The van der Waals surface area contributed by atoms with Gasteiger partial charge >= 0.3 is 5.97 Å². The Morgan fingerprint density at radius 3 is 2.31 bits per heavy atom. The van der Waals surface area contributed by atoms with E-state index in [1.54, 1.807) is 0 Å². The average molecular weight is 203 g/mol. The lowest BCUT2D eigenvalue weighted by atomic mass is 9.98. The second kappa shape index (κ2) is 3.34. The van der Waals surface area contributed by atoms with E-state index in [9.17, 15) is 9.18 Å². The number of carboxylic acids is 1. The van der Waals surface area contributed by atoms with Crippen LogP contribution in [-0.4, -0.2) is 11.1 Å². The SMILES string of the molecule is CC(F)(C(=O)O)c1ccc(Cl)cc1. The monoisotopic (exact) mass is 202 g/mol. The third-order valence-corrected chi connectivity index (χ3v) is 2.04. The maximum Gasteiger partial charge on any atom is 0.345 e. The normalized spacial score (nSPS) is 15.0. The molecule has 1 unspecified atom stereocenters. The molecule has 1 atom stereocenters. The minimum atomic E-state index is -2.36. The van der Waals surface area contributed by atoms with Crippen LogP contribution in [0.2, 0.25) is 5.02 Å². The number of benzene rings is 1. The third-order valence-electron chi connectivity index (χ3n) is 1.79. The zero-order valence-corrected chi connectivity index (χ0v) is 7.68. The smallest absolute Gasteiger partial charge is 0.345 e. The number of aliphatic carboxylic acids is 1. The van der Waals surface area contributed by atoms with Crippen LogP contribution >= 0.6 is 11.6 Å². The fraction of sp³-hybridized carbons (Fsp3) is 0.222. The molecule has 0 saturated carbocycles. The number of carbonyl (C=O) groups is 1.